The Hall–Kier alpha value is -0.260. The minimum atomic E-state index is -0.119. The van der Waals surface area contributed by atoms with Gasteiger partial charge in [-0.05, 0) is 51.4 Å². The van der Waals surface area contributed by atoms with E-state index >= 15 is 0 Å². The van der Waals surface area contributed by atoms with Crippen molar-refractivity contribution in [3.05, 3.63) is 0 Å². The first kappa shape index (κ1) is 25.7. The first-order chi connectivity index (χ1) is 11.4. The second kappa shape index (κ2) is 9.29. The first-order valence-electron chi connectivity index (χ1n) is 9.73. The molecule has 0 saturated heterocycles. The van der Waals surface area contributed by atoms with E-state index in [2.05, 4.69) is 87.2 Å². The van der Waals surface area contributed by atoms with Crippen molar-refractivity contribution >= 4 is 18.5 Å². The van der Waals surface area contributed by atoms with Gasteiger partial charge in [0.1, 0.15) is 0 Å². The maximum absolute atomic E-state index is 12.5. The first-order valence-corrected chi connectivity index (χ1v) is 10.2. The lowest BCUT2D eigenvalue weighted by Gasteiger charge is -2.43. The minimum Gasteiger partial charge on any atom is -0.356 e. The number of hydroxylamine groups is 2. The second-order valence-electron chi connectivity index (χ2n) is 10.9. The fourth-order valence-corrected chi connectivity index (χ4v) is 4.97. The number of rotatable bonds is 11. The van der Waals surface area contributed by atoms with Crippen LogP contribution in [-0.2, 0) is 9.63 Å². The molecular weight excluding hydrogens is 344 g/mol. The number of nitrogens with zero attached hydrogens (tertiary/aromatic N) is 1. The Morgan fingerprint density at radius 2 is 1.50 bits per heavy atom. The number of nitrogens with one attached hydrogen (secondary N) is 1. The Morgan fingerprint density at radius 3 is 1.88 bits per heavy atom. The molecule has 0 radical (unpaired) electrons. The third-order valence-electron chi connectivity index (χ3n) is 4.49. The van der Waals surface area contributed by atoms with E-state index in [1.165, 1.54) is 0 Å². The van der Waals surface area contributed by atoms with Crippen LogP contribution in [0.15, 0.2) is 0 Å². The quantitative estimate of drug-likeness (QED) is 0.383. The minimum absolute atomic E-state index is 0.0300. The highest BCUT2D eigenvalue weighted by molar-refractivity contribution is 7.81. The van der Waals surface area contributed by atoms with Crippen molar-refractivity contribution in [1.82, 2.24) is 10.4 Å². The molecule has 1 N–H and O–H groups in total. The van der Waals surface area contributed by atoms with E-state index in [9.17, 15) is 4.79 Å². The molecule has 0 aromatic heterocycles. The molecule has 1 amide bonds. The molecule has 0 aliphatic heterocycles. The molecule has 0 aliphatic rings. The van der Waals surface area contributed by atoms with Crippen LogP contribution in [0.5, 0.6) is 0 Å². The molecule has 0 saturated carbocycles. The summed E-state index contributed by atoms with van der Waals surface area (Å²) in [6, 6.07) is 0.297. The van der Waals surface area contributed by atoms with Gasteiger partial charge in [0.2, 0.25) is 5.91 Å². The maximum atomic E-state index is 12.5. The van der Waals surface area contributed by atoms with E-state index < -0.39 is 0 Å². The van der Waals surface area contributed by atoms with Crippen LogP contribution in [-0.4, -0.2) is 41.0 Å². The summed E-state index contributed by atoms with van der Waals surface area (Å²) < 4.78 is -0.0759. The lowest BCUT2D eigenvalue weighted by atomic mass is 9.78. The SMILES string of the molecule is CON(C(C)C)C(C)(C)CC(C)(C)CNC(=O)CC(C)(C)CC(C)(C)S. The smallest absolute Gasteiger partial charge is 0.220 e. The predicted octanol–water partition coefficient (Wildman–Crippen LogP) is 5.08. The van der Waals surface area contributed by atoms with E-state index in [0.717, 1.165) is 12.8 Å². The monoisotopic (exact) mass is 388 g/mol. The Balaban J connectivity index is 4.75. The summed E-state index contributed by atoms with van der Waals surface area (Å²) in [7, 11) is 1.72. The summed E-state index contributed by atoms with van der Waals surface area (Å²) in [5, 5.41) is 5.19. The van der Waals surface area contributed by atoms with Crippen LogP contribution >= 0.6 is 12.6 Å². The largest absolute Gasteiger partial charge is 0.356 e. The third-order valence-corrected chi connectivity index (χ3v) is 4.65. The molecule has 0 unspecified atom stereocenters. The molecule has 0 aromatic rings. The van der Waals surface area contributed by atoms with Crippen LogP contribution in [0.25, 0.3) is 0 Å². The number of hydrogen-bond donors (Lipinski definition) is 2. The number of thiol groups is 1. The Labute approximate surface area is 168 Å². The van der Waals surface area contributed by atoms with Gasteiger partial charge in [0.05, 0.1) is 7.11 Å². The van der Waals surface area contributed by atoms with E-state index in [4.69, 9.17) is 4.84 Å². The molecule has 26 heavy (non-hydrogen) atoms. The Morgan fingerprint density at radius 1 is 1.00 bits per heavy atom. The van der Waals surface area contributed by atoms with Crippen molar-refractivity contribution in [2.75, 3.05) is 13.7 Å². The summed E-state index contributed by atoms with van der Waals surface area (Å²) in [4.78, 5) is 18.1. The van der Waals surface area contributed by atoms with Crippen molar-refractivity contribution in [1.29, 1.82) is 0 Å². The van der Waals surface area contributed by atoms with Gasteiger partial charge in [-0.3, -0.25) is 4.79 Å². The van der Waals surface area contributed by atoms with Crippen molar-refractivity contribution in [3.8, 4) is 0 Å². The molecule has 4 nitrogen and oxygen atoms in total. The van der Waals surface area contributed by atoms with Crippen LogP contribution in [0.4, 0.5) is 0 Å². The van der Waals surface area contributed by atoms with E-state index in [0.29, 0.717) is 19.0 Å². The van der Waals surface area contributed by atoms with E-state index in [1.54, 1.807) is 7.11 Å². The molecule has 0 aromatic carbocycles. The van der Waals surface area contributed by atoms with Gasteiger partial charge in [-0.25, -0.2) is 0 Å². The van der Waals surface area contributed by atoms with Crippen molar-refractivity contribution in [3.63, 3.8) is 0 Å². The number of amides is 1. The standard InChI is InChI=1S/C21H44N2O2S/c1-16(2)23(25-11)20(7,8)13-19(5,6)15-22-17(24)12-18(3,4)14-21(9,10)26/h16,26H,12-15H2,1-11H3,(H,22,24). The summed E-state index contributed by atoms with van der Waals surface area (Å²) in [6.07, 6.45) is 2.33. The molecule has 0 bridgehead atoms. The lowest BCUT2D eigenvalue weighted by molar-refractivity contribution is -0.220. The summed E-state index contributed by atoms with van der Waals surface area (Å²) >= 11 is 4.61. The molecule has 0 fully saturated rings. The molecule has 156 valence electrons. The van der Waals surface area contributed by atoms with Gasteiger partial charge in [0, 0.05) is 29.3 Å². The molecule has 0 atom stereocenters. The Bertz CT molecular complexity index is 451. The topological polar surface area (TPSA) is 41.6 Å². The van der Waals surface area contributed by atoms with Gasteiger partial charge in [-0.2, -0.15) is 17.7 Å². The van der Waals surface area contributed by atoms with Gasteiger partial charge in [-0.15, -0.1) is 0 Å². The second-order valence-corrected chi connectivity index (χ2v) is 12.1. The molecule has 0 aliphatic carbocycles. The zero-order chi connectivity index (χ0) is 21.0. The maximum Gasteiger partial charge on any atom is 0.220 e. The fourth-order valence-electron chi connectivity index (χ4n) is 4.54. The molecule has 0 spiro atoms. The predicted molar refractivity (Wildman–Crippen MR) is 116 cm³/mol. The molecular formula is C21H44N2O2S. The van der Waals surface area contributed by atoms with Crippen molar-refractivity contribution in [2.45, 2.75) is 105 Å². The van der Waals surface area contributed by atoms with Crippen LogP contribution < -0.4 is 5.32 Å². The van der Waals surface area contributed by atoms with Gasteiger partial charge in [0.25, 0.3) is 0 Å². The van der Waals surface area contributed by atoms with Crippen molar-refractivity contribution in [2.24, 2.45) is 10.8 Å². The van der Waals surface area contributed by atoms with E-state index in [-0.39, 0.29) is 27.0 Å². The average Bonchev–Trinajstić information content (AvgIpc) is 2.31. The van der Waals surface area contributed by atoms with Gasteiger partial charge in [-0.1, -0.05) is 41.5 Å². The summed E-state index contributed by atoms with van der Waals surface area (Å²) in [5.74, 6) is 0.117. The van der Waals surface area contributed by atoms with Gasteiger partial charge >= 0.3 is 0 Å². The average molecular weight is 389 g/mol. The summed E-state index contributed by atoms with van der Waals surface area (Å²) in [5.41, 5.74) is -0.215. The van der Waals surface area contributed by atoms with Gasteiger partial charge in [0.15, 0.2) is 0 Å². The van der Waals surface area contributed by atoms with Crippen LogP contribution in [0.3, 0.4) is 0 Å². The normalized spacial score (nSPS) is 14.2. The van der Waals surface area contributed by atoms with Crippen LogP contribution in [0.1, 0.15) is 88.5 Å². The third kappa shape index (κ3) is 10.2. The highest BCUT2D eigenvalue weighted by Gasteiger charge is 2.36. The zero-order valence-electron chi connectivity index (χ0n) is 19.1. The van der Waals surface area contributed by atoms with Gasteiger partial charge < -0.3 is 10.2 Å². The highest BCUT2D eigenvalue weighted by Crippen LogP contribution is 2.35. The molecule has 0 rings (SSSR count). The number of carbonyl (C=O) groups excluding carboxylic acids is 1. The van der Waals surface area contributed by atoms with E-state index in [1.807, 2.05) is 5.06 Å². The zero-order valence-corrected chi connectivity index (χ0v) is 20.0. The molecule has 5 heteroatoms. The number of hydrogen-bond acceptors (Lipinski definition) is 4. The summed E-state index contributed by atoms with van der Waals surface area (Å²) in [6.45, 7) is 22.2. The number of carbonyl (C=O) groups is 1. The van der Waals surface area contributed by atoms with Crippen LogP contribution in [0.2, 0.25) is 0 Å². The Kier molecular flexibility index (Phi) is 9.20. The van der Waals surface area contributed by atoms with Crippen LogP contribution in [0, 0.1) is 10.8 Å². The molecule has 0 heterocycles. The van der Waals surface area contributed by atoms with Crippen molar-refractivity contribution < 1.29 is 9.63 Å². The fraction of sp³-hybridized carbons (Fsp3) is 0.952. The highest BCUT2D eigenvalue weighted by atomic mass is 32.1. The lowest BCUT2D eigenvalue weighted by Crippen LogP contribution is -2.51.